The van der Waals surface area contributed by atoms with Crippen LogP contribution in [0.4, 0.5) is 18.0 Å². The van der Waals surface area contributed by atoms with E-state index in [0.717, 1.165) is 0 Å². The maximum Gasteiger partial charge on any atom is 0.573 e. The lowest BCUT2D eigenvalue weighted by Gasteiger charge is -2.25. The number of alkyl halides is 3. The van der Waals surface area contributed by atoms with E-state index in [4.69, 9.17) is 0 Å². The normalized spacial score (nSPS) is 18.9. The van der Waals surface area contributed by atoms with Gasteiger partial charge >= 0.3 is 12.5 Å². The van der Waals surface area contributed by atoms with Gasteiger partial charge in [-0.25, -0.2) is 4.79 Å². The van der Waals surface area contributed by atoms with Crippen molar-refractivity contribution in [2.45, 2.75) is 18.8 Å². The topological polar surface area (TPSA) is 47.6 Å². The van der Waals surface area contributed by atoms with Gasteiger partial charge in [0, 0.05) is 12.0 Å². The monoisotopic (exact) mass is 297 g/mol. The van der Waals surface area contributed by atoms with Crippen molar-refractivity contribution >= 4 is 18.5 Å². The first kappa shape index (κ1) is 15.4. The van der Waals surface area contributed by atoms with Crippen molar-refractivity contribution in [1.29, 1.82) is 0 Å². The van der Waals surface area contributed by atoms with E-state index in [1.165, 1.54) is 18.2 Å². The third kappa shape index (κ3) is 4.20. The molecule has 1 aromatic rings. The van der Waals surface area contributed by atoms with Gasteiger partial charge in [-0.3, -0.25) is 0 Å². The lowest BCUT2D eigenvalue weighted by Crippen LogP contribution is -2.35. The molecule has 0 unspecified atom stereocenters. The number of alkyl carbamates (subject to hydrolysis) is 1. The van der Waals surface area contributed by atoms with Gasteiger partial charge in [-0.15, -0.1) is 25.6 Å². The fourth-order valence-corrected chi connectivity index (χ4v) is 1.74. The second-order valence-corrected chi connectivity index (χ2v) is 3.71. The molecule has 1 saturated heterocycles. The zero-order valence-electron chi connectivity index (χ0n) is 9.57. The highest BCUT2D eigenvalue weighted by atomic mass is 35.5. The maximum atomic E-state index is 12.2. The lowest BCUT2D eigenvalue weighted by molar-refractivity contribution is -0.275. The van der Waals surface area contributed by atoms with E-state index in [1.54, 1.807) is 6.07 Å². The Kier molecular flexibility index (Phi) is 4.88. The summed E-state index contributed by atoms with van der Waals surface area (Å²) in [6, 6.07) is 5.18. The Morgan fingerprint density at radius 2 is 2.00 bits per heavy atom. The summed E-state index contributed by atoms with van der Waals surface area (Å²) in [5, 5.41) is 2.45. The minimum absolute atomic E-state index is 0. The molecule has 1 N–H and O–H groups in total. The number of carbonyl (C=O) groups excluding carboxylic acids is 1. The SMILES string of the molecule is Cl.O=C1N[C@@H](c2ccccc2OC(F)(F)F)CCO1. The van der Waals surface area contributed by atoms with Gasteiger partial charge in [0.15, 0.2) is 0 Å². The van der Waals surface area contributed by atoms with Crippen LogP contribution in [0.15, 0.2) is 24.3 Å². The van der Waals surface area contributed by atoms with Crippen molar-refractivity contribution in [3.63, 3.8) is 0 Å². The van der Waals surface area contributed by atoms with E-state index >= 15 is 0 Å². The summed E-state index contributed by atoms with van der Waals surface area (Å²) < 4.78 is 45.3. The summed E-state index contributed by atoms with van der Waals surface area (Å²) >= 11 is 0. The smallest absolute Gasteiger partial charge is 0.449 e. The van der Waals surface area contributed by atoms with Gasteiger partial charge in [0.05, 0.1) is 12.6 Å². The number of benzene rings is 1. The highest BCUT2D eigenvalue weighted by Crippen LogP contribution is 2.32. The summed E-state index contributed by atoms with van der Waals surface area (Å²) in [6.07, 6.45) is -5.01. The number of carbonyl (C=O) groups is 1. The number of para-hydroxylation sites is 1. The average molecular weight is 298 g/mol. The molecule has 1 aliphatic heterocycles. The average Bonchev–Trinajstić information content (AvgIpc) is 2.27. The molecule has 0 aromatic heterocycles. The van der Waals surface area contributed by atoms with Crippen molar-refractivity contribution in [2.75, 3.05) is 6.61 Å². The molecule has 1 aromatic carbocycles. The molecule has 0 radical (unpaired) electrons. The maximum absolute atomic E-state index is 12.2. The van der Waals surface area contributed by atoms with Crippen LogP contribution in [-0.4, -0.2) is 19.1 Å². The Balaban J connectivity index is 0.00000180. The Bertz CT molecular complexity index is 453. The van der Waals surface area contributed by atoms with Crippen LogP contribution in [-0.2, 0) is 4.74 Å². The summed E-state index contributed by atoms with van der Waals surface area (Å²) in [4.78, 5) is 11.0. The third-order valence-electron chi connectivity index (χ3n) is 2.45. The van der Waals surface area contributed by atoms with E-state index in [1.807, 2.05) is 0 Å². The second-order valence-electron chi connectivity index (χ2n) is 3.71. The van der Waals surface area contributed by atoms with E-state index < -0.39 is 18.5 Å². The molecule has 1 atom stereocenters. The summed E-state index contributed by atoms with van der Waals surface area (Å²) in [5.41, 5.74) is 0.284. The number of cyclic esters (lactones) is 1. The van der Waals surface area contributed by atoms with Crippen LogP contribution < -0.4 is 10.1 Å². The molecule has 2 rings (SSSR count). The number of halogens is 4. The first-order chi connectivity index (χ1) is 8.46. The number of nitrogens with one attached hydrogen (secondary N) is 1. The van der Waals surface area contributed by atoms with Gasteiger partial charge in [0.2, 0.25) is 0 Å². The van der Waals surface area contributed by atoms with E-state index in [0.29, 0.717) is 6.42 Å². The minimum atomic E-state index is -4.76. The number of hydrogen-bond donors (Lipinski definition) is 1. The van der Waals surface area contributed by atoms with Crippen LogP contribution in [0.2, 0.25) is 0 Å². The molecule has 1 heterocycles. The summed E-state index contributed by atoms with van der Waals surface area (Å²) in [7, 11) is 0. The zero-order chi connectivity index (χ0) is 13.2. The number of amides is 1. The summed E-state index contributed by atoms with van der Waals surface area (Å²) in [6.45, 7) is 0.164. The van der Waals surface area contributed by atoms with Crippen molar-refractivity contribution in [3.05, 3.63) is 29.8 Å². The van der Waals surface area contributed by atoms with Crippen LogP contribution in [0.5, 0.6) is 5.75 Å². The molecule has 0 aliphatic carbocycles. The molecular formula is C11H11ClF3NO3. The molecule has 4 nitrogen and oxygen atoms in total. The van der Waals surface area contributed by atoms with E-state index in [2.05, 4.69) is 14.8 Å². The van der Waals surface area contributed by atoms with Crippen LogP contribution >= 0.6 is 12.4 Å². The standard InChI is InChI=1S/C11H10F3NO3.ClH/c12-11(13,14)18-9-4-2-1-3-7(9)8-5-6-17-10(16)15-8;/h1-4,8H,5-6H2,(H,15,16);1H/t8-;/m1./s1. The predicted octanol–water partition coefficient (Wildman–Crippen LogP) is 3.18. The quantitative estimate of drug-likeness (QED) is 0.912. The molecule has 0 spiro atoms. The Labute approximate surface area is 113 Å². The Morgan fingerprint density at radius 3 is 2.63 bits per heavy atom. The van der Waals surface area contributed by atoms with E-state index in [-0.39, 0.29) is 30.3 Å². The first-order valence-corrected chi connectivity index (χ1v) is 5.24. The Hall–Kier alpha value is -1.63. The highest BCUT2D eigenvalue weighted by molar-refractivity contribution is 5.85. The lowest BCUT2D eigenvalue weighted by atomic mass is 10.0. The number of rotatable bonds is 2. The van der Waals surface area contributed by atoms with Crippen molar-refractivity contribution in [2.24, 2.45) is 0 Å². The fourth-order valence-electron chi connectivity index (χ4n) is 1.74. The molecule has 8 heteroatoms. The second kappa shape index (κ2) is 6.01. The molecule has 1 aliphatic rings. The van der Waals surface area contributed by atoms with Crippen molar-refractivity contribution in [3.8, 4) is 5.75 Å². The van der Waals surface area contributed by atoms with Gasteiger partial charge in [-0.05, 0) is 6.07 Å². The molecule has 106 valence electrons. The molecule has 1 fully saturated rings. The van der Waals surface area contributed by atoms with Crippen molar-refractivity contribution < 1.29 is 27.4 Å². The predicted molar refractivity (Wildman–Crippen MR) is 62.2 cm³/mol. The molecule has 0 bridgehead atoms. The Morgan fingerprint density at radius 1 is 1.32 bits per heavy atom. The number of hydrogen-bond acceptors (Lipinski definition) is 3. The van der Waals surface area contributed by atoms with Gasteiger partial charge < -0.3 is 14.8 Å². The highest BCUT2D eigenvalue weighted by Gasteiger charge is 2.33. The summed E-state index contributed by atoms with van der Waals surface area (Å²) in [5.74, 6) is -0.308. The van der Waals surface area contributed by atoms with Gasteiger partial charge in [0.25, 0.3) is 0 Å². The van der Waals surface area contributed by atoms with Gasteiger partial charge in [-0.2, -0.15) is 0 Å². The first-order valence-electron chi connectivity index (χ1n) is 5.24. The molecule has 0 saturated carbocycles. The molecule has 1 amide bonds. The van der Waals surface area contributed by atoms with Gasteiger partial charge in [0.1, 0.15) is 5.75 Å². The number of ether oxygens (including phenoxy) is 2. The fraction of sp³-hybridized carbons (Fsp3) is 0.364. The van der Waals surface area contributed by atoms with E-state index in [9.17, 15) is 18.0 Å². The molecular weight excluding hydrogens is 287 g/mol. The zero-order valence-corrected chi connectivity index (χ0v) is 10.4. The van der Waals surface area contributed by atoms with Crippen LogP contribution in [0, 0.1) is 0 Å². The third-order valence-corrected chi connectivity index (χ3v) is 2.45. The van der Waals surface area contributed by atoms with Crippen molar-refractivity contribution in [1.82, 2.24) is 5.32 Å². The van der Waals surface area contributed by atoms with Gasteiger partial charge in [-0.1, -0.05) is 18.2 Å². The molecule has 19 heavy (non-hydrogen) atoms. The minimum Gasteiger partial charge on any atom is -0.449 e. The largest absolute Gasteiger partial charge is 0.573 e. The van der Waals surface area contributed by atoms with Crippen LogP contribution in [0.3, 0.4) is 0 Å². The van der Waals surface area contributed by atoms with Crippen LogP contribution in [0.1, 0.15) is 18.0 Å². The van der Waals surface area contributed by atoms with Crippen LogP contribution in [0.25, 0.3) is 0 Å².